The Labute approximate surface area is 166 Å². The zero-order valence-electron chi connectivity index (χ0n) is 16.5. The van der Waals surface area contributed by atoms with Crippen molar-refractivity contribution < 1.29 is 4.79 Å². The van der Waals surface area contributed by atoms with Gasteiger partial charge in [0, 0.05) is 38.3 Å². The lowest BCUT2D eigenvalue weighted by molar-refractivity contribution is -0.132. The third-order valence-electron chi connectivity index (χ3n) is 5.69. The van der Waals surface area contributed by atoms with E-state index in [1.54, 1.807) is 0 Å². The van der Waals surface area contributed by atoms with Crippen LogP contribution in [0.25, 0.3) is 0 Å². The largest absolute Gasteiger partial charge is 0.352 e. The Morgan fingerprint density at radius 3 is 2.50 bits per heavy atom. The Balaban J connectivity index is 1.29. The summed E-state index contributed by atoms with van der Waals surface area (Å²) in [6, 6.07) is 9.72. The van der Waals surface area contributed by atoms with Crippen LogP contribution < -0.4 is 10.2 Å². The molecule has 0 bridgehead atoms. The molecule has 7 heteroatoms. The molecule has 4 rings (SSSR count). The lowest BCUT2D eigenvalue weighted by Crippen LogP contribution is -2.49. The van der Waals surface area contributed by atoms with Crippen LogP contribution in [0.2, 0.25) is 0 Å². The molecule has 2 aromatic rings. The summed E-state index contributed by atoms with van der Waals surface area (Å²) in [6.45, 7) is 5.09. The number of amides is 1. The number of anilines is 3. The van der Waals surface area contributed by atoms with Crippen molar-refractivity contribution in [1.29, 1.82) is 0 Å². The normalized spacial score (nSPS) is 17.8. The van der Waals surface area contributed by atoms with Crippen molar-refractivity contribution in [3.8, 4) is 0 Å². The van der Waals surface area contributed by atoms with Gasteiger partial charge >= 0.3 is 0 Å². The molecule has 148 valence electrons. The van der Waals surface area contributed by atoms with Gasteiger partial charge in [-0.1, -0.05) is 18.9 Å². The number of pyridine rings is 1. The topological polar surface area (TPSA) is 74.2 Å². The Hall–Kier alpha value is -2.70. The van der Waals surface area contributed by atoms with Crippen molar-refractivity contribution in [3.05, 3.63) is 36.0 Å². The second kappa shape index (κ2) is 8.54. The van der Waals surface area contributed by atoms with Crippen LogP contribution in [-0.4, -0.2) is 52.2 Å². The molecule has 7 nitrogen and oxygen atoms in total. The van der Waals surface area contributed by atoms with Gasteiger partial charge in [0.1, 0.15) is 5.82 Å². The molecule has 1 aliphatic carbocycles. The average molecular weight is 380 g/mol. The SMILES string of the molecule is Cc1cccc(Nc2ccc(N3CCN(C(=O)CC4CCCC4)CC3)nn2)n1. The summed E-state index contributed by atoms with van der Waals surface area (Å²) in [5, 5.41) is 11.8. The number of carbonyl (C=O) groups excluding carboxylic acids is 1. The molecule has 3 heterocycles. The minimum Gasteiger partial charge on any atom is -0.352 e. The number of aryl methyl sites for hydroxylation is 1. The summed E-state index contributed by atoms with van der Waals surface area (Å²) in [6.07, 6.45) is 5.75. The summed E-state index contributed by atoms with van der Waals surface area (Å²) < 4.78 is 0. The summed E-state index contributed by atoms with van der Waals surface area (Å²) in [5.41, 5.74) is 0.954. The third kappa shape index (κ3) is 4.58. The summed E-state index contributed by atoms with van der Waals surface area (Å²) >= 11 is 0. The van der Waals surface area contributed by atoms with Gasteiger partial charge in [0.25, 0.3) is 0 Å². The van der Waals surface area contributed by atoms with Gasteiger partial charge in [0.15, 0.2) is 11.6 Å². The van der Waals surface area contributed by atoms with E-state index in [9.17, 15) is 4.79 Å². The van der Waals surface area contributed by atoms with Gasteiger partial charge in [0.2, 0.25) is 5.91 Å². The van der Waals surface area contributed by atoms with E-state index in [1.165, 1.54) is 25.7 Å². The molecule has 1 aliphatic heterocycles. The highest BCUT2D eigenvalue weighted by molar-refractivity contribution is 5.76. The Morgan fingerprint density at radius 2 is 1.82 bits per heavy atom. The maximum atomic E-state index is 12.5. The van der Waals surface area contributed by atoms with E-state index in [2.05, 4.69) is 25.4 Å². The zero-order chi connectivity index (χ0) is 19.3. The quantitative estimate of drug-likeness (QED) is 0.859. The van der Waals surface area contributed by atoms with Crippen LogP contribution in [-0.2, 0) is 4.79 Å². The molecule has 28 heavy (non-hydrogen) atoms. The van der Waals surface area contributed by atoms with Gasteiger partial charge < -0.3 is 15.1 Å². The summed E-state index contributed by atoms with van der Waals surface area (Å²) in [4.78, 5) is 21.1. The summed E-state index contributed by atoms with van der Waals surface area (Å²) in [7, 11) is 0. The van der Waals surface area contributed by atoms with Crippen molar-refractivity contribution in [2.45, 2.75) is 39.0 Å². The first kappa shape index (κ1) is 18.7. The number of hydrogen-bond donors (Lipinski definition) is 1. The predicted molar refractivity (Wildman–Crippen MR) is 110 cm³/mol. The lowest BCUT2D eigenvalue weighted by Gasteiger charge is -2.35. The molecule has 1 amide bonds. The van der Waals surface area contributed by atoms with Crippen molar-refractivity contribution in [3.63, 3.8) is 0 Å². The number of rotatable bonds is 5. The molecule has 0 aromatic carbocycles. The minimum absolute atomic E-state index is 0.322. The van der Waals surface area contributed by atoms with Gasteiger partial charge in [-0.05, 0) is 49.9 Å². The van der Waals surface area contributed by atoms with Crippen molar-refractivity contribution in [1.82, 2.24) is 20.1 Å². The van der Waals surface area contributed by atoms with Crippen LogP contribution in [0.5, 0.6) is 0 Å². The molecule has 2 aliphatic rings. The average Bonchev–Trinajstić information content (AvgIpc) is 3.22. The molecule has 1 saturated carbocycles. The van der Waals surface area contributed by atoms with E-state index < -0.39 is 0 Å². The molecule has 2 fully saturated rings. The highest BCUT2D eigenvalue weighted by Crippen LogP contribution is 2.28. The molecule has 0 unspecified atom stereocenters. The Morgan fingerprint density at radius 1 is 1.04 bits per heavy atom. The number of aromatic nitrogens is 3. The number of nitrogens with zero attached hydrogens (tertiary/aromatic N) is 5. The van der Waals surface area contributed by atoms with Crippen LogP contribution in [0, 0.1) is 12.8 Å². The monoisotopic (exact) mass is 380 g/mol. The molecule has 0 atom stereocenters. The fraction of sp³-hybridized carbons (Fsp3) is 0.524. The fourth-order valence-electron chi connectivity index (χ4n) is 4.08. The lowest BCUT2D eigenvalue weighted by atomic mass is 10.0. The maximum absolute atomic E-state index is 12.5. The Bertz CT molecular complexity index is 795. The van der Waals surface area contributed by atoms with Crippen LogP contribution in [0.15, 0.2) is 30.3 Å². The molecular formula is C21H28N6O. The second-order valence-corrected chi connectivity index (χ2v) is 7.79. The molecule has 1 N–H and O–H groups in total. The molecule has 1 saturated heterocycles. The predicted octanol–water partition coefficient (Wildman–Crippen LogP) is 3.15. The van der Waals surface area contributed by atoms with E-state index in [1.807, 2.05) is 42.2 Å². The first-order valence-corrected chi connectivity index (χ1v) is 10.2. The van der Waals surface area contributed by atoms with Crippen molar-refractivity contribution >= 4 is 23.4 Å². The van der Waals surface area contributed by atoms with Gasteiger partial charge in [-0.15, -0.1) is 10.2 Å². The minimum atomic E-state index is 0.322. The standard InChI is InChI=1S/C21H28N6O/c1-16-5-4-8-18(22-16)23-19-9-10-20(25-24-19)26-11-13-27(14-12-26)21(28)15-17-6-2-3-7-17/h4-5,8-10,17H,2-3,6-7,11-15H2,1H3,(H,22,23,24). The zero-order valence-corrected chi connectivity index (χ0v) is 16.5. The smallest absolute Gasteiger partial charge is 0.222 e. The highest BCUT2D eigenvalue weighted by atomic mass is 16.2. The van der Waals surface area contributed by atoms with Crippen LogP contribution in [0.3, 0.4) is 0 Å². The molecular weight excluding hydrogens is 352 g/mol. The van der Waals surface area contributed by atoms with E-state index in [0.717, 1.165) is 49.9 Å². The highest BCUT2D eigenvalue weighted by Gasteiger charge is 2.25. The fourth-order valence-corrected chi connectivity index (χ4v) is 4.08. The molecule has 0 spiro atoms. The number of piperazine rings is 1. The van der Waals surface area contributed by atoms with Gasteiger partial charge in [-0.3, -0.25) is 4.79 Å². The second-order valence-electron chi connectivity index (χ2n) is 7.79. The third-order valence-corrected chi connectivity index (χ3v) is 5.69. The van der Waals surface area contributed by atoms with Crippen molar-refractivity contribution in [2.24, 2.45) is 5.92 Å². The number of hydrogen-bond acceptors (Lipinski definition) is 6. The van der Waals surface area contributed by atoms with Crippen molar-refractivity contribution in [2.75, 3.05) is 36.4 Å². The number of carbonyl (C=O) groups is 1. The van der Waals surface area contributed by atoms with Crippen LogP contribution >= 0.6 is 0 Å². The van der Waals surface area contributed by atoms with E-state index in [4.69, 9.17) is 0 Å². The van der Waals surface area contributed by atoms with E-state index in [-0.39, 0.29) is 0 Å². The molecule has 0 radical (unpaired) electrons. The van der Waals surface area contributed by atoms with Crippen LogP contribution in [0.1, 0.15) is 37.8 Å². The van der Waals surface area contributed by atoms with Gasteiger partial charge in [0.05, 0.1) is 0 Å². The number of nitrogens with one attached hydrogen (secondary N) is 1. The van der Waals surface area contributed by atoms with Crippen LogP contribution in [0.4, 0.5) is 17.5 Å². The van der Waals surface area contributed by atoms with E-state index in [0.29, 0.717) is 17.6 Å². The summed E-state index contributed by atoms with van der Waals surface area (Å²) in [5.74, 6) is 3.22. The molecule has 2 aromatic heterocycles. The van der Waals surface area contributed by atoms with E-state index >= 15 is 0 Å². The first-order valence-electron chi connectivity index (χ1n) is 10.2. The van der Waals surface area contributed by atoms with Gasteiger partial charge in [-0.25, -0.2) is 4.98 Å². The first-order chi connectivity index (χ1) is 13.7. The van der Waals surface area contributed by atoms with Gasteiger partial charge in [-0.2, -0.15) is 0 Å². The Kier molecular flexibility index (Phi) is 5.69. The maximum Gasteiger partial charge on any atom is 0.222 e.